The van der Waals surface area contributed by atoms with Gasteiger partial charge in [0.25, 0.3) is 0 Å². The fourth-order valence-electron chi connectivity index (χ4n) is 2.30. The second-order valence-corrected chi connectivity index (χ2v) is 6.78. The van der Waals surface area contributed by atoms with Crippen molar-refractivity contribution >= 4 is 22.5 Å². The summed E-state index contributed by atoms with van der Waals surface area (Å²) in [5.74, 6) is -0.261. The van der Waals surface area contributed by atoms with Gasteiger partial charge in [-0.15, -0.1) is 10.2 Å². The fourth-order valence-corrected chi connectivity index (χ4v) is 3.05. The number of benzene rings is 1. The largest absolute Gasteiger partial charge is 0.323 e. The molecule has 0 saturated carbocycles. The number of carbonyl (C=O) groups is 1. The number of urea groups is 1. The molecule has 0 unspecified atom stereocenters. The SMILES string of the molecule is CN(C)C1CN(C(=O)Nc2nnc(Cc3ccccc3F)s2)C1. The summed E-state index contributed by atoms with van der Waals surface area (Å²) in [7, 11) is 4.00. The van der Waals surface area contributed by atoms with Gasteiger partial charge in [-0.2, -0.15) is 0 Å². The van der Waals surface area contributed by atoms with E-state index < -0.39 is 0 Å². The Morgan fingerprint density at radius 2 is 2.13 bits per heavy atom. The summed E-state index contributed by atoms with van der Waals surface area (Å²) >= 11 is 1.27. The number of nitrogens with one attached hydrogen (secondary N) is 1. The van der Waals surface area contributed by atoms with E-state index >= 15 is 0 Å². The fraction of sp³-hybridized carbons (Fsp3) is 0.400. The molecule has 3 rings (SSSR count). The number of carbonyl (C=O) groups excluding carboxylic acids is 1. The standard InChI is InChI=1S/C15H18FN5OS/c1-20(2)11-8-21(9-11)15(22)17-14-19-18-13(23-14)7-10-5-3-4-6-12(10)16/h3-6,11H,7-9H2,1-2H3,(H,17,19,22). The van der Waals surface area contributed by atoms with E-state index in [0.29, 0.717) is 41.3 Å². The molecule has 2 amide bonds. The number of hydrogen-bond donors (Lipinski definition) is 1. The smallest absolute Gasteiger partial charge is 0.321 e. The van der Waals surface area contributed by atoms with Crippen LogP contribution in [0.1, 0.15) is 10.6 Å². The number of anilines is 1. The first-order valence-electron chi connectivity index (χ1n) is 7.31. The molecule has 23 heavy (non-hydrogen) atoms. The molecule has 1 aromatic heterocycles. The van der Waals surface area contributed by atoms with Crippen molar-refractivity contribution in [2.24, 2.45) is 0 Å². The van der Waals surface area contributed by atoms with Crippen LogP contribution in [0.25, 0.3) is 0 Å². The lowest BCUT2D eigenvalue weighted by Crippen LogP contribution is -2.60. The second kappa shape index (κ2) is 6.59. The molecule has 122 valence electrons. The molecule has 0 atom stereocenters. The van der Waals surface area contributed by atoms with Gasteiger partial charge in [-0.3, -0.25) is 5.32 Å². The summed E-state index contributed by atoms with van der Waals surface area (Å²) in [6.45, 7) is 1.42. The third-order valence-corrected chi connectivity index (χ3v) is 4.70. The van der Waals surface area contributed by atoms with Crippen LogP contribution >= 0.6 is 11.3 Å². The molecule has 2 aromatic rings. The van der Waals surface area contributed by atoms with Crippen molar-refractivity contribution in [3.63, 3.8) is 0 Å². The quantitative estimate of drug-likeness (QED) is 0.929. The summed E-state index contributed by atoms with van der Waals surface area (Å²) in [6, 6.07) is 6.82. The number of likely N-dealkylation sites (N-methyl/N-ethyl adjacent to an activating group) is 1. The van der Waals surface area contributed by atoms with Crippen LogP contribution in [0, 0.1) is 5.82 Å². The van der Waals surface area contributed by atoms with Gasteiger partial charge in [0, 0.05) is 25.6 Å². The number of likely N-dealkylation sites (tertiary alicyclic amines) is 1. The number of hydrogen-bond acceptors (Lipinski definition) is 5. The maximum Gasteiger partial charge on any atom is 0.323 e. The molecule has 1 saturated heterocycles. The predicted octanol–water partition coefficient (Wildman–Crippen LogP) is 2.05. The van der Waals surface area contributed by atoms with Gasteiger partial charge in [0.15, 0.2) is 0 Å². The van der Waals surface area contributed by atoms with E-state index in [1.54, 1.807) is 23.1 Å². The van der Waals surface area contributed by atoms with Gasteiger partial charge < -0.3 is 9.80 Å². The normalized spacial score (nSPS) is 14.9. The summed E-state index contributed by atoms with van der Waals surface area (Å²) in [6.07, 6.45) is 0.368. The minimum atomic E-state index is -0.261. The molecule has 2 heterocycles. The third kappa shape index (κ3) is 3.65. The van der Waals surface area contributed by atoms with E-state index in [9.17, 15) is 9.18 Å². The maximum atomic E-state index is 13.6. The first-order chi connectivity index (χ1) is 11.0. The summed E-state index contributed by atoms with van der Waals surface area (Å²) in [4.78, 5) is 15.9. The number of amides is 2. The maximum absolute atomic E-state index is 13.6. The molecular formula is C15H18FN5OS. The van der Waals surface area contributed by atoms with Crippen LogP contribution in [0.3, 0.4) is 0 Å². The topological polar surface area (TPSA) is 61.4 Å². The number of rotatable bonds is 4. The predicted molar refractivity (Wildman–Crippen MR) is 87.2 cm³/mol. The average molecular weight is 335 g/mol. The Hall–Kier alpha value is -2.06. The van der Waals surface area contributed by atoms with E-state index in [1.807, 2.05) is 14.1 Å². The highest BCUT2D eigenvalue weighted by Crippen LogP contribution is 2.21. The van der Waals surface area contributed by atoms with Gasteiger partial charge in [0.05, 0.1) is 0 Å². The zero-order valence-corrected chi connectivity index (χ0v) is 13.8. The molecular weight excluding hydrogens is 317 g/mol. The van der Waals surface area contributed by atoms with Crippen LogP contribution in [-0.4, -0.2) is 59.3 Å². The van der Waals surface area contributed by atoms with Crippen LogP contribution in [0.4, 0.5) is 14.3 Å². The lowest BCUT2D eigenvalue weighted by Gasteiger charge is -2.42. The molecule has 6 nitrogen and oxygen atoms in total. The molecule has 0 radical (unpaired) electrons. The first-order valence-corrected chi connectivity index (χ1v) is 8.12. The van der Waals surface area contributed by atoms with E-state index in [1.165, 1.54) is 17.4 Å². The van der Waals surface area contributed by atoms with Crippen molar-refractivity contribution in [2.45, 2.75) is 12.5 Å². The highest BCUT2D eigenvalue weighted by Gasteiger charge is 2.32. The van der Waals surface area contributed by atoms with Crippen LogP contribution in [-0.2, 0) is 6.42 Å². The van der Waals surface area contributed by atoms with E-state index in [2.05, 4.69) is 20.4 Å². The van der Waals surface area contributed by atoms with Crippen molar-refractivity contribution in [2.75, 3.05) is 32.5 Å². The van der Waals surface area contributed by atoms with Crippen LogP contribution in [0.2, 0.25) is 0 Å². The summed E-state index contributed by atoms with van der Waals surface area (Å²) in [5.41, 5.74) is 0.568. The Balaban J connectivity index is 1.56. The highest BCUT2D eigenvalue weighted by atomic mass is 32.1. The average Bonchev–Trinajstić information content (AvgIpc) is 2.86. The van der Waals surface area contributed by atoms with Crippen molar-refractivity contribution in [3.8, 4) is 0 Å². The van der Waals surface area contributed by atoms with Gasteiger partial charge in [0.2, 0.25) is 5.13 Å². The summed E-state index contributed by atoms with van der Waals surface area (Å²) < 4.78 is 13.6. The van der Waals surface area contributed by atoms with Crippen LogP contribution in [0.5, 0.6) is 0 Å². The molecule has 1 aliphatic heterocycles. The van der Waals surface area contributed by atoms with Crippen LogP contribution < -0.4 is 5.32 Å². The first kappa shape index (κ1) is 15.8. The van der Waals surface area contributed by atoms with Crippen LogP contribution in [0.15, 0.2) is 24.3 Å². The van der Waals surface area contributed by atoms with Gasteiger partial charge >= 0.3 is 6.03 Å². The monoisotopic (exact) mass is 335 g/mol. The molecule has 1 aliphatic rings. The lowest BCUT2D eigenvalue weighted by atomic mass is 10.1. The van der Waals surface area contributed by atoms with Gasteiger partial charge in [-0.05, 0) is 25.7 Å². The molecule has 8 heteroatoms. The van der Waals surface area contributed by atoms with Crippen molar-refractivity contribution < 1.29 is 9.18 Å². The zero-order valence-electron chi connectivity index (χ0n) is 13.0. The van der Waals surface area contributed by atoms with E-state index in [0.717, 1.165) is 0 Å². The lowest BCUT2D eigenvalue weighted by molar-refractivity contribution is 0.0942. The van der Waals surface area contributed by atoms with Gasteiger partial charge in [0.1, 0.15) is 10.8 Å². The van der Waals surface area contributed by atoms with E-state index in [4.69, 9.17) is 0 Å². The van der Waals surface area contributed by atoms with Gasteiger partial charge in [-0.1, -0.05) is 29.5 Å². The van der Waals surface area contributed by atoms with Gasteiger partial charge in [-0.25, -0.2) is 9.18 Å². The Bertz CT molecular complexity index is 699. The molecule has 1 N–H and O–H groups in total. The van der Waals surface area contributed by atoms with E-state index in [-0.39, 0.29) is 11.8 Å². The highest BCUT2D eigenvalue weighted by molar-refractivity contribution is 7.15. The number of halogens is 1. The Kier molecular flexibility index (Phi) is 4.53. The van der Waals surface area contributed by atoms with Crippen molar-refractivity contribution in [3.05, 3.63) is 40.7 Å². The second-order valence-electron chi connectivity index (χ2n) is 5.72. The molecule has 0 spiro atoms. The minimum absolute atomic E-state index is 0.170. The Morgan fingerprint density at radius 1 is 1.39 bits per heavy atom. The molecule has 1 aromatic carbocycles. The van der Waals surface area contributed by atoms with Crippen molar-refractivity contribution in [1.82, 2.24) is 20.0 Å². The number of nitrogens with zero attached hydrogens (tertiary/aromatic N) is 4. The summed E-state index contributed by atoms with van der Waals surface area (Å²) in [5, 5.41) is 11.8. The Labute approximate surface area is 137 Å². The molecule has 1 fully saturated rings. The number of aromatic nitrogens is 2. The Morgan fingerprint density at radius 3 is 2.83 bits per heavy atom. The zero-order chi connectivity index (χ0) is 16.4. The third-order valence-electron chi connectivity index (χ3n) is 3.86. The molecule has 0 bridgehead atoms. The van der Waals surface area contributed by atoms with Crippen molar-refractivity contribution in [1.29, 1.82) is 0 Å². The molecule has 0 aliphatic carbocycles. The minimum Gasteiger partial charge on any atom is -0.321 e.